The molecule has 7 heteroatoms. The third-order valence-electron chi connectivity index (χ3n) is 3.50. The minimum Gasteiger partial charge on any atom is -0.486 e. The molecular formula is C16H19N3O3S. The van der Waals surface area contributed by atoms with Crippen molar-refractivity contribution in [1.82, 2.24) is 14.9 Å². The molecular weight excluding hydrogens is 314 g/mol. The second-order valence-corrected chi connectivity index (χ2v) is 6.63. The number of benzene rings is 1. The first kappa shape index (κ1) is 15.7. The summed E-state index contributed by atoms with van der Waals surface area (Å²) in [6, 6.07) is 7.54. The standard InChI is InChI=1S/C16H19N3O3S/c1-11(23-16-17-7-8-19(16)2)15(20)18-9-12-10-21-13-5-3-4-6-14(13)22-12/h3-8,11-12H,9-10H2,1-2H3,(H,18,20)/t11-,12+/m1/s1. The molecule has 0 saturated heterocycles. The highest BCUT2D eigenvalue weighted by Crippen LogP contribution is 2.30. The van der Waals surface area contributed by atoms with E-state index in [1.54, 1.807) is 6.20 Å². The first-order valence-corrected chi connectivity index (χ1v) is 8.31. The van der Waals surface area contributed by atoms with Crippen LogP contribution in [0.3, 0.4) is 0 Å². The van der Waals surface area contributed by atoms with Gasteiger partial charge in [0, 0.05) is 19.4 Å². The number of amides is 1. The molecule has 0 bridgehead atoms. The van der Waals surface area contributed by atoms with Crippen molar-refractivity contribution in [2.45, 2.75) is 23.4 Å². The van der Waals surface area contributed by atoms with Crippen molar-refractivity contribution >= 4 is 17.7 Å². The fourth-order valence-corrected chi connectivity index (χ4v) is 3.05. The molecule has 2 aromatic rings. The van der Waals surface area contributed by atoms with Gasteiger partial charge in [0.2, 0.25) is 5.91 Å². The summed E-state index contributed by atoms with van der Waals surface area (Å²) < 4.78 is 13.4. The number of fused-ring (bicyclic) bond motifs is 1. The number of hydrogen-bond acceptors (Lipinski definition) is 5. The van der Waals surface area contributed by atoms with Crippen LogP contribution in [0.2, 0.25) is 0 Å². The maximum atomic E-state index is 12.2. The van der Waals surface area contributed by atoms with Gasteiger partial charge in [0.1, 0.15) is 12.7 Å². The van der Waals surface area contributed by atoms with Gasteiger partial charge < -0.3 is 19.4 Å². The number of rotatable bonds is 5. The molecule has 6 nitrogen and oxygen atoms in total. The lowest BCUT2D eigenvalue weighted by atomic mass is 10.2. The molecule has 1 aliphatic rings. The van der Waals surface area contributed by atoms with Gasteiger partial charge >= 0.3 is 0 Å². The lowest BCUT2D eigenvalue weighted by Crippen LogP contribution is -2.42. The van der Waals surface area contributed by atoms with E-state index in [0.29, 0.717) is 18.9 Å². The summed E-state index contributed by atoms with van der Waals surface area (Å²) in [4.78, 5) is 16.4. The second-order valence-electron chi connectivity index (χ2n) is 5.32. The SMILES string of the molecule is C[C@@H](Sc1nccn1C)C(=O)NC[C@H]1COc2ccccc2O1. The van der Waals surface area contributed by atoms with Gasteiger partial charge in [-0.05, 0) is 19.1 Å². The van der Waals surface area contributed by atoms with E-state index >= 15 is 0 Å². The zero-order valence-electron chi connectivity index (χ0n) is 13.1. The number of hydrogen-bond donors (Lipinski definition) is 1. The molecule has 0 radical (unpaired) electrons. The van der Waals surface area contributed by atoms with Crippen LogP contribution in [-0.2, 0) is 11.8 Å². The summed E-state index contributed by atoms with van der Waals surface area (Å²) in [6.07, 6.45) is 3.40. The molecule has 0 spiro atoms. The van der Waals surface area contributed by atoms with E-state index < -0.39 is 0 Å². The third-order valence-corrected chi connectivity index (χ3v) is 4.67. The Hall–Kier alpha value is -2.15. The van der Waals surface area contributed by atoms with Crippen LogP contribution in [0.1, 0.15) is 6.92 Å². The number of aromatic nitrogens is 2. The number of aryl methyl sites for hydroxylation is 1. The van der Waals surface area contributed by atoms with E-state index in [1.807, 2.05) is 49.0 Å². The monoisotopic (exact) mass is 333 g/mol. The van der Waals surface area contributed by atoms with E-state index in [2.05, 4.69) is 10.3 Å². The summed E-state index contributed by atoms with van der Waals surface area (Å²) in [5.41, 5.74) is 0. The molecule has 1 aromatic carbocycles. The molecule has 122 valence electrons. The average molecular weight is 333 g/mol. The Kier molecular flexibility index (Phi) is 4.76. The molecule has 2 atom stereocenters. The van der Waals surface area contributed by atoms with E-state index in [-0.39, 0.29) is 17.3 Å². The van der Waals surface area contributed by atoms with Crippen molar-refractivity contribution < 1.29 is 14.3 Å². The van der Waals surface area contributed by atoms with Crippen LogP contribution >= 0.6 is 11.8 Å². The van der Waals surface area contributed by atoms with Gasteiger partial charge in [-0.3, -0.25) is 4.79 Å². The topological polar surface area (TPSA) is 65.4 Å². The van der Waals surface area contributed by atoms with E-state index in [4.69, 9.17) is 9.47 Å². The van der Waals surface area contributed by atoms with Gasteiger partial charge in [0.15, 0.2) is 16.7 Å². The van der Waals surface area contributed by atoms with Gasteiger partial charge in [-0.1, -0.05) is 23.9 Å². The lowest BCUT2D eigenvalue weighted by Gasteiger charge is -2.26. The number of nitrogens with one attached hydrogen (secondary N) is 1. The summed E-state index contributed by atoms with van der Waals surface area (Å²) in [7, 11) is 1.91. The van der Waals surface area contributed by atoms with Crippen LogP contribution in [0.15, 0.2) is 41.8 Å². The molecule has 1 N–H and O–H groups in total. The maximum absolute atomic E-state index is 12.2. The largest absolute Gasteiger partial charge is 0.486 e. The van der Waals surface area contributed by atoms with Crippen molar-refractivity contribution in [1.29, 1.82) is 0 Å². The summed E-state index contributed by atoms with van der Waals surface area (Å²) >= 11 is 1.43. The van der Waals surface area contributed by atoms with Crippen molar-refractivity contribution in [2.75, 3.05) is 13.2 Å². The number of ether oxygens (including phenoxy) is 2. The van der Waals surface area contributed by atoms with Crippen molar-refractivity contribution in [3.63, 3.8) is 0 Å². The highest BCUT2D eigenvalue weighted by Gasteiger charge is 2.23. The van der Waals surface area contributed by atoms with Crippen LogP contribution < -0.4 is 14.8 Å². The Morgan fingerprint density at radius 1 is 1.48 bits per heavy atom. The number of nitrogens with zero attached hydrogens (tertiary/aromatic N) is 2. The van der Waals surface area contributed by atoms with Crippen molar-refractivity contribution in [3.05, 3.63) is 36.7 Å². The van der Waals surface area contributed by atoms with Crippen LogP contribution in [-0.4, -0.2) is 40.0 Å². The Balaban J connectivity index is 1.49. The molecule has 3 rings (SSSR count). The normalized spacial score (nSPS) is 17.6. The average Bonchev–Trinajstić information content (AvgIpc) is 2.97. The van der Waals surface area contributed by atoms with Gasteiger partial charge in [-0.15, -0.1) is 0 Å². The van der Waals surface area contributed by atoms with Gasteiger partial charge in [-0.2, -0.15) is 0 Å². The summed E-state index contributed by atoms with van der Waals surface area (Å²) in [5.74, 6) is 1.42. The quantitative estimate of drug-likeness (QED) is 0.846. The number of carbonyl (C=O) groups excluding carboxylic acids is 1. The molecule has 2 heterocycles. The number of carbonyl (C=O) groups is 1. The third kappa shape index (κ3) is 3.79. The zero-order chi connectivity index (χ0) is 16.2. The molecule has 0 saturated carbocycles. The first-order chi connectivity index (χ1) is 11.1. The van der Waals surface area contributed by atoms with E-state index in [9.17, 15) is 4.79 Å². The molecule has 0 unspecified atom stereocenters. The Labute approximate surface area is 139 Å². The minimum absolute atomic E-state index is 0.0412. The van der Waals surface area contributed by atoms with E-state index in [0.717, 1.165) is 10.9 Å². The predicted molar refractivity (Wildman–Crippen MR) is 87.9 cm³/mol. The Morgan fingerprint density at radius 2 is 2.26 bits per heavy atom. The smallest absolute Gasteiger partial charge is 0.233 e. The van der Waals surface area contributed by atoms with Crippen LogP contribution in [0.5, 0.6) is 11.5 Å². The number of imidazole rings is 1. The first-order valence-electron chi connectivity index (χ1n) is 7.43. The molecule has 23 heavy (non-hydrogen) atoms. The highest BCUT2D eigenvalue weighted by molar-refractivity contribution is 8.00. The van der Waals surface area contributed by atoms with E-state index in [1.165, 1.54) is 11.8 Å². The van der Waals surface area contributed by atoms with Crippen molar-refractivity contribution in [2.24, 2.45) is 7.05 Å². The van der Waals surface area contributed by atoms with Crippen LogP contribution in [0, 0.1) is 0 Å². The molecule has 1 aromatic heterocycles. The fourth-order valence-electron chi connectivity index (χ4n) is 2.20. The second kappa shape index (κ2) is 6.95. The van der Waals surface area contributed by atoms with Gasteiger partial charge in [0.25, 0.3) is 0 Å². The Morgan fingerprint density at radius 3 is 3.00 bits per heavy atom. The number of para-hydroxylation sites is 2. The van der Waals surface area contributed by atoms with Gasteiger partial charge in [0.05, 0.1) is 11.8 Å². The molecule has 0 fully saturated rings. The summed E-state index contributed by atoms with van der Waals surface area (Å²) in [6.45, 7) is 2.71. The summed E-state index contributed by atoms with van der Waals surface area (Å²) in [5, 5.41) is 3.50. The van der Waals surface area contributed by atoms with Crippen LogP contribution in [0.25, 0.3) is 0 Å². The lowest BCUT2D eigenvalue weighted by molar-refractivity contribution is -0.120. The molecule has 0 aliphatic carbocycles. The maximum Gasteiger partial charge on any atom is 0.233 e. The minimum atomic E-state index is -0.229. The van der Waals surface area contributed by atoms with Crippen molar-refractivity contribution in [3.8, 4) is 11.5 Å². The Bertz CT molecular complexity index is 689. The number of thioether (sulfide) groups is 1. The fraction of sp³-hybridized carbons (Fsp3) is 0.375. The molecule has 1 aliphatic heterocycles. The van der Waals surface area contributed by atoms with Gasteiger partial charge in [-0.25, -0.2) is 4.98 Å². The predicted octanol–water partition coefficient (Wildman–Crippen LogP) is 1.86. The highest BCUT2D eigenvalue weighted by atomic mass is 32.2. The van der Waals surface area contributed by atoms with Crippen LogP contribution in [0.4, 0.5) is 0 Å². The molecule has 1 amide bonds. The zero-order valence-corrected chi connectivity index (χ0v) is 13.9.